The van der Waals surface area contributed by atoms with Gasteiger partial charge in [-0.1, -0.05) is 18.2 Å². The van der Waals surface area contributed by atoms with Crippen LogP contribution in [0.1, 0.15) is 38.8 Å². The number of allylic oxidation sites excluding steroid dienone is 1. The number of carbonyl (C=O) groups is 1. The van der Waals surface area contributed by atoms with Gasteiger partial charge in [0.25, 0.3) is 0 Å². The fraction of sp³-hybridized carbons (Fsp3) is 0.400. The maximum atomic E-state index is 10.9. The number of ether oxygens (including phenoxy) is 1. The Bertz CT molecular complexity index is 437. The third kappa shape index (κ3) is 4.85. The number of hydrogen-bond acceptors (Lipinski definition) is 2. The van der Waals surface area contributed by atoms with Crippen molar-refractivity contribution in [2.45, 2.75) is 40.2 Å². The Morgan fingerprint density at radius 3 is 2.47 bits per heavy atom. The molecular formula is C15H20O2. The van der Waals surface area contributed by atoms with E-state index in [2.05, 4.69) is 0 Å². The van der Waals surface area contributed by atoms with Gasteiger partial charge < -0.3 is 4.74 Å². The minimum atomic E-state index is -0.215. The van der Waals surface area contributed by atoms with Gasteiger partial charge in [0, 0.05) is 0 Å². The second-order valence-electron chi connectivity index (χ2n) is 5.18. The number of rotatable bonds is 3. The summed E-state index contributed by atoms with van der Waals surface area (Å²) < 4.78 is 5.86. The summed E-state index contributed by atoms with van der Waals surface area (Å²) in [6.45, 7) is 9.61. The molecule has 2 heteroatoms. The molecule has 0 aromatic heterocycles. The van der Waals surface area contributed by atoms with Crippen LogP contribution in [-0.4, -0.2) is 11.4 Å². The first-order valence-corrected chi connectivity index (χ1v) is 5.76. The minimum Gasteiger partial charge on any atom is -0.488 e. The second-order valence-corrected chi connectivity index (χ2v) is 5.18. The monoisotopic (exact) mass is 232 g/mol. The van der Waals surface area contributed by atoms with Crippen LogP contribution in [0.5, 0.6) is 5.75 Å². The molecule has 1 aromatic carbocycles. The molecule has 0 aliphatic rings. The van der Waals surface area contributed by atoms with Crippen LogP contribution in [0.3, 0.4) is 0 Å². The van der Waals surface area contributed by atoms with E-state index in [-0.39, 0.29) is 11.4 Å². The van der Waals surface area contributed by atoms with Crippen LogP contribution in [0, 0.1) is 6.92 Å². The van der Waals surface area contributed by atoms with Crippen molar-refractivity contribution in [2.75, 3.05) is 0 Å². The maximum absolute atomic E-state index is 10.9. The van der Waals surface area contributed by atoms with Crippen molar-refractivity contribution < 1.29 is 9.53 Å². The van der Waals surface area contributed by atoms with Gasteiger partial charge in [-0.2, -0.15) is 0 Å². The van der Waals surface area contributed by atoms with Crippen molar-refractivity contribution in [1.82, 2.24) is 0 Å². The summed E-state index contributed by atoms with van der Waals surface area (Å²) in [5, 5.41) is 0. The zero-order valence-electron chi connectivity index (χ0n) is 11.2. The van der Waals surface area contributed by atoms with E-state index in [0.29, 0.717) is 0 Å². The Morgan fingerprint density at radius 1 is 1.29 bits per heavy atom. The van der Waals surface area contributed by atoms with Crippen LogP contribution in [0.2, 0.25) is 0 Å². The summed E-state index contributed by atoms with van der Waals surface area (Å²) in [6.07, 6.45) is 3.36. The first kappa shape index (κ1) is 13.5. The highest BCUT2D eigenvalue weighted by molar-refractivity contribution is 5.91. The van der Waals surface area contributed by atoms with E-state index < -0.39 is 0 Å². The van der Waals surface area contributed by atoms with E-state index >= 15 is 0 Å². The van der Waals surface area contributed by atoms with E-state index in [0.717, 1.165) is 16.9 Å². The molecule has 17 heavy (non-hydrogen) atoms. The topological polar surface area (TPSA) is 26.3 Å². The van der Waals surface area contributed by atoms with Crippen LogP contribution < -0.4 is 4.74 Å². The van der Waals surface area contributed by atoms with Crippen molar-refractivity contribution in [3.05, 3.63) is 35.4 Å². The van der Waals surface area contributed by atoms with E-state index in [1.54, 1.807) is 12.2 Å². The Kier molecular flexibility index (Phi) is 4.11. The number of ketones is 1. The largest absolute Gasteiger partial charge is 0.488 e. The zero-order chi connectivity index (χ0) is 13.1. The number of carbonyl (C=O) groups excluding carboxylic acids is 1. The van der Waals surface area contributed by atoms with Gasteiger partial charge in [0.2, 0.25) is 0 Å². The summed E-state index contributed by atoms with van der Waals surface area (Å²) in [5.41, 5.74) is 1.86. The first-order valence-electron chi connectivity index (χ1n) is 5.76. The fourth-order valence-electron chi connectivity index (χ4n) is 1.37. The molecular weight excluding hydrogens is 212 g/mol. The minimum absolute atomic E-state index is 0.0452. The lowest BCUT2D eigenvalue weighted by molar-refractivity contribution is -0.112. The van der Waals surface area contributed by atoms with Crippen LogP contribution in [0.25, 0.3) is 6.08 Å². The average molecular weight is 232 g/mol. The molecule has 0 fully saturated rings. The molecule has 0 aliphatic heterocycles. The van der Waals surface area contributed by atoms with Gasteiger partial charge >= 0.3 is 0 Å². The summed E-state index contributed by atoms with van der Waals surface area (Å²) in [6, 6.07) is 5.94. The molecule has 0 radical (unpaired) electrons. The molecule has 0 saturated heterocycles. The van der Waals surface area contributed by atoms with Gasteiger partial charge in [0.15, 0.2) is 5.78 Å². The Hall–Kier alpha value is -1.57. The second kappa shape index (κ2) is 5.17. The quantitative estimate of drug-likeness (QED) is 0.741. The molecule has 0 heterocycles. The maximum Gasteiger partial charge on any atom is 0.152 e. The number of aryl methyl sites for hydroxylation is 1. The molecule has 0 bridgehead atoms. The van der Waals surface area contributed by atoms with Crippen LogP contribution in [0.15, 0.2) is 24.3 Å². The summed E-state index contributed by atoms with van der Waals surface area (Å²) in [7, 11) is 0. The van der Waals surface area contributed by atoms with Gasteiger partial charge in [-0.15, -0.1) is 0 Å². The van der Waals surface area contributed by atoms with Crippen LogP contribution in [0.4, 0.5) is 0 Å². The number of hydrogen-bond donors (Lipinski definition) is 0. The van der Waals surface area contributed by atoms with E-state index in [9.17, 15) is 4.79 Å². The third-order valence-electron chi connectivity index (χ3n) is 2.14. The van der Waals surface area contributed by atoms with Crippen molar-refractivity contribution >= 4 is 11.9 Å². The van der Waals surface area contributed by atoms with E-state index in [1.165, 1.54) is 6.92 Å². The summed E-state index contributed by atoms with van der Waals surface area (Å²) in [4.78, 5) is 10.9. The lowest BCUT2D eigenvalue weighted by atomic mass is 10.1. The third-order valence-corrected chi connectivity index (χ3v) is 2.14. The predicted molar refractivity (Wildman–Crippen MR) is 71.3 cm³/mol. The number of benzene rings is 1. The molecule has 0 spiro atoms. The van der Waals surface area contributed by atoms with Crippen molar-refractivity contribution in [2.24, 2.45) is 0 Å². The molecule has 1 rings (SSSR count). The molecule has 0 unspecified atom stereocenters. The Labute approximate surface area is 103 Å². The highest BCUT2D eigenvalue weighted by Crippen LogP contribution is 2.24. The van der Waals surface area contributed by atoms with Gasteiger partial charge in [-0.05, 0) is 57.9 Å². The smallest absolute Gasteiger partial charge is 0.152 e. The van der Waals surface area contributed by atoms with Crippen LogP contribution in [-0.2, 0) is 4.79 Å². The van der Waals surface area contributed by atoms with Gasteiger partial charge in [-0.25, -0.2) is 0 Å². The lowest BCUT2D eigenvalue weighted by Gasteiger charge is -2.22. The normalized spacial score (nSPS) is 11.8. The highest BCUT2D eigenvalue weighted by Gasteiger charge is 2.13. The van der Waals surface area contributed by atoms with Crippen molar-refractivity contribution in [1.29, 1.82) is 0 Å². The molecule has 92 valence electrons. The summed E-state index contributed by atoms with van der Waals surface area (Å²) >= 11 is 0. The zero-order valence-corrected chi connectivity index (χ0v) is 11.2. The highest BCUT2D eigenvalue weighted by atomic mass is 16.5. The van der Waals surface area contributed by atoms with Gasteiger partial charge in [-0.3, -0.25) is 4.79 Å². The molecule has 0 saturated carbocycles. The van der Waals surface area contributed by atoms with E-state index in [4.69, 9.17) is 4.74 Å². The predicted octanol–water partition coefficient (Wildman–Crippen LogP) is 3.77. The average Bonchev–Trinajstić information content (AvgIpc) is 2.17. The van der Waals surface area contributed by atoms with Crippen molar-refractivity contribution in [3.8, 4) is 5.75 Å². The molecule has 0 N–H and O–H groups in total. The molecule has 2 nitrogen and oxygen atoms in total. The first-order chi connectivity index (χ1) is 7.78. The van der Waals surface area contributed by atoms with Gasteiger partial charge in [0.1, 0.15) is 11.4 Å². The molecule has 0 atom stereocenters. The SMILES string of the molecule is CC(=O)/C=C/c1ccc(C)c(OC(C)(C)C)c1. The fourth-order valence-corrected chi connectivity index (χ4v) is 1.37. The van der Waals surface area contributed by atoms with Gasteiger partial charge in [0.05, 0.1) is 0 Å². The summed E-state index contributed by atoms with van der Waals surface area (Å²) in [5.74, 6) is 0.909. The molecule has 0 aliphatic carbocycles. The van der Waals surface area contributed by atoms with Crippen LogP contribution >= 0.6 is 0 Å². The molecule has 0 amide bonds. The standard InChI is InChI=1S/C15H20O2/c1-11-6-8-13(9-7-12(2)16)10-14(11)17-15(3,4)5/h6-10H,1-5H3/b9-7+. The lowest BCUT2D eigenvalue weighted by Crippen LogP contribution is -2.23. The van der Waals surface area contributed by atoms with E-state index in [1.807, 2.05) is 45.9 Å². The Morgan fingerprint density at radius 2 is 1.94 bits per heavy atom. The molecule has 1 aromatic rings. The Balaban J connectivity index is 2.98. The van der Waals surface area contributed by atoms with Crippen molar-refractivity contribution in [3.63, 3.8) is 0 Å².